The van der Waals surface area contributed by atoms with E-state index in [0.717, 1.165) is 19.3 Å². The van der Waals surface area contributed by atoms with Gasteiger partial charge in [0.15, 0.2) is 5.65 Å². The van der Waals surface area contributed by atoms with Crippen molar-refractivity contribution in [1.82, 2.24) is 24.4 Å². The standard InChI is InChI=1S/C16H19N5O3/c22-13-16(7-3-1-4-8-16)17-14(23)20(13)10-11-21-15(24)19-9-5-2-6-12(19)18-21/h2,5-6,9H,1,3-4,7-8,10-11H2,(H,17,23). The molecule has 2 aromatic rings. The Kier molecular flexibility index (Phi) is 3.40. The number of amides is 3. The van der Waals surface area contributed by atoms with Crippen molar-refractivity contribution in [3.05, 3.63) is 34.9 Å². The van der Waals surface area contributed by atoms with E-state index in [-0.39, 0.29) is 30.7 Å². The smallest absolute Gasteiger partial charge is 0.323 e. The Hall–Kier alpha value is -2.64. The van der Waals surface area contributed by atoms with Crippen molar-refractivity contribution in [3.63, 3.8) is 0 Å². The fourth-order valence-corrected chi connectivity index (χ4v) is 3.68. The molecule has 0 aromatic carbocycles. The molecule has 126 valence electrons. The van der Waals surface area contributed by atoms with Crippen molar-refractivity contribution in [3.8, 4) is 0 Å². The predicted molar refractivity (Wildman–Crippen MR) is 85.5 cm³/mol. The number of pyridine rings is 1. The van der Waals surface area contributed by atoms with Crippen molar-refractivity contribution >= 4 is 17.6 Å². The maximum atomic E-state index is 12.7. The van der Waals surface area contributed by atoms with Gasteiger partial charge in [0.05, 0.1) is 13.1 Å². The van der Waals surface area contributed by atoms with Crippen LogP contribution >= 0.6 is 0 Å². The van der Waals surface area contributed by atoms with Crippen LogP contribution in [0.3, 0.4) is 0 Å². The van der Waals surface area contributed by atoms with E-state index < -0.39 is 5.54 Å². The summed E-state index contributed by atoms with van der Waals surface area (Å²) in [5, 5.41) is 7.10. The summed E-state index contributed by atoms with van der Waals surface area (Å²) in [6.07, 6.45) is 6.04. The molecule has 1 spiro atoms. The van der Waals surface area contributed by atoms with Crippen molar-refractivity contribution in [2.75, 3.05) is 6.54 Å². The molecule has 1 aliphatic carbocycles. The number of fused-ring (bicyclic) bond motifs is 1. The van der Waals surface area contributed by atoms with Crippen molar-refractivity contribution in [2.24, 2.45) is 0 Å². The lowest BCUT2D eigenvalue weighted by Gasteiger charge is -2.30. The van der Waals surface area contributed by atoms with Crippen LogP contribution < -0.4 is 11.0 Å². The molecule has 1 N–H and O–H groups in total. The number of carbonyl (C=O) groups is 2. The lowest BCUT2D eigenvalue weighted by Crippen LogP contribution is -2.48. The minimum atomic E-state index is -0.723. The summed E-state index contributed by atoms with van der Waals surface area (Å²) >= 11 is 0. The summed E-state index contributed by atoms with van der Waals surface area (Å²) in [6.45, 7) is 0.339. The van der Waals surface area contributed by atoms with E-state index in [1.807, 2.05) is 0 Å². The Morgan fingerprint density at radius 3 is 2.62 bits per heavy atom. The molecule has 2 aliphatic rings. The quantitative estimate of drug-likeness (QED) is 0.842. The van der Waals surface area contributed by atoms with E-state index in [1.165, 1.54) is 14.0 Å². The van der Waals surface area contributed by atoms with Gasteiger partial charge in [0, 0.05) is 6.20 Å². The number of carbonyl (C=O) groups excluding carboxylic acids is 2. The van der Waals surface area contributed by atoms with Gasteiger partial charge in [-0.15, -0.1) is 5.10 Å². The average molecular weight is 329 g/mol. The molecule has 1 saturated heterocycles. The highest BCUT2D eigenvalue weighted by atomic mass is 16.2. The van der Waals surface area contributed by atoms with Crippen LogP contribution in [0.1, 0.15) is 32.1 Å². The molecule has 24 heavy (non-hydrogen) atoms. The minimum Gasteiger partial charge on any atom is -0.323 e. The Morgan fingerprint density at radius 2 is 1.88 bits per heavy atom. The molecule has 1 saturated carbocycles. The van der Waals surface area contributed by atoms with E-state index >= 15 is 0 Å². The molecule has 8 heteroatoms. The van der Waals surface area contributed by atoms with Gasteiger partial charge in [-0.05, 0) is 25.0 Å². The number of rotatable bonds is 3. The normalized spacial score (nSPS) is 20.1. The van der Waals surface area contributed by atoms with Gasteiger partial charge in [0.2, 0.25) is 0 Å². The van der Waals surface area contributed by atoms with Crippen molar-refractivity contribution < 1.29 is 9.59 Å². The predicted octanol–water partition coefficient (Wildman–Crippen LogP) is 0.751. The van der Waals surface area contributed by atoms with Crippen molar-refractivity contribution in [2.45, 2.75) is 44.2 Å². The number of nitrogens with zero attached hydrogens (tertiary/aromatic N) is 4. The first-order chi connectivity index (χ1) is 11.6. The number of urea groups is 1. The number of nitrogens with one attached hydrogen (secondary N) is 1. The van der Waals surface area contributed by atoms with Crippen LogP contribution in [0.25, 0.3) is 5.65 Å². The first kappa shape index (κ1) is 14.9. The van der Waals surface area contributed by atoms with Crippen LogP contribution in [0.15, 0.2) is 29.2 Å². The third-order valence-electron chi connectivity index (χ3n) is 4.98. The summed E-state index contributed by atoms with van der Waals surface area (Å²) in [5.74, 6) is -0.163. The molecular formula is C16H19N5O3. The molecular weight excluding hydrogens is 310 g/mol. The Bertz CT molecular complexity index is 862. The highest BCUT2D eigenvalue weighted by Crippen LogP contribution is 2.33. The summed E-state index contributed by atoms with van der Waals surface area (Å²) in [6, 6.07) is 4.93. The molecule has 4 rings (SSSR count). The maximum Gasteiger partial charge on any atom is 0.350 e. The summed E-state index contributed by atoms with van der Waals surface area (Å²) in [4.78, 5) is 38.4. The minimum absolute atomic E-state index is 0.149. The molecule has 3 amide bonds. The zero-order chi connectivity index (χ0) is 16.7. The van der Waals surface area contributed by atoms with Gasteiger partial charge in [-0.25, -0.2) is 14.3 Å². The molecule has 0 unspecified atom stereocenters. The molecule has 8 nitrogen and oxygen atoms in total. The third kappa shape index (κ3) is 2.21. The van der Waals surface area contributed by atoms with Crippen LogP contribution in [0.5, 0.6) is 0 Å². The fourth-order valence-electron chi connectivity index (χ4n) is 3.68. The molecule has 1 aliphatic heterocycles. The SMILES string of the molecule is O=C1NC2(CCCCC2)C(=O)N1CCn1nc2ccccn2c1=O. The first-order valence-corrected chi connectivity index (χ1v) is 8.29. The topological polar surface area (TPSA) is 88.7 Å². The molecule has 0 bridgehead atoms. The van der Waals surface area contributed by atoms with Crippen LogP contribution in [-0.4, -0.2) is 43.1 Å². The van der Waals surface area contributed by atoms with E-state index in [0.29, 0.717) is 18.5 Å². The maximum absolute atomic E-state index is 12.7. The second-order valence-corrected chi connectivity index (χ2v) is 6.46. The molecule has 0 radical (unpaired) electrons. The summed E-state index contributed by atoms with van der Waals surface area (Å²) in [5.41, 5.74) is -0.451. The molecule has 2 fully saturated rings. The molecule has 3 heterocycles. The van der Waals surface area contributed by atoms with Crippen LogP contribution in [0, 0.1) is 0 Å². The number of aromatic nitrogens is 3. The van der Waals surface area contributed by atoms with Gasteiger partial charge in [-0.1, -0.05) is 25.3 Å². The van der Waals surface area contributed by atoms with Crippen LogP contribution in [0.4, 0.5) is 4.79 Å². The largest absolute Gasteiger partial charge is 0.350 e. The third-order valence-corrected chi connectivity index (χ3v) is 4.98. The zero-order valence-corrected chi connectivity index (χ0v) is 13.3. The van der Waals surface area contributed by atoms with Gasteiger partial charge in [0.1, 0.15) is 5.54 Å². The molecule has 2 aromatic heterocycles. The van der Waals surface area contributed by atoms with Crippen LogP contribution in [0.2, 0.25) is 0 Å². The van der Waals surface area contributed by atoms with E-state index in [4.69, 9.17) is 0 Å². The number of hydrogen-bond acceptors (Lipinski definition) is 4. The monoisotopic (exact) mass is 329 g/mol. The van der Waals surface area contributed by atoms with Crippen LogP contribution in [-0.2, 0) is 11.3 Å². The van der Waals surface area contributed by atoms with Gasteiger partial charge in [0.25, 0.3) is 5.91 Å². The zero-order valence-electron chi connectivity index (χ0n) is 13.3. The van der Waals surface area contributed by atoms with Gasteiger partial charge >= 0.3 is 11.7 Å². The number of hydrogen-bond donors (Lipinski definition) is 1. The summed E-state index contributed by atoms with van der Waals surface area (Å²) in [7, 11) is 0. The highest BCUT2D eigenvalue weighted by molar-refractivity contribution is 6.07. The van der Waals surface area contributed by atoms with E-state index in [1.54, 1.807) is 24.4 Å². The van der Waals surface area contributed by atoms with Crippen molar-refractivity contribution in [1.29, 1.82) is 0 Å². The highest BCUT2D eigenvalue weighted by Gasteiger charge is 2.50. The molecule has 0 atom stereocenters. The lowest BCUT2D eigenvalue weighted by atomic mass is 9.82. The van der Waals surface area contributed by atoms with E-state index in [2.05, 4.69) is 10.4 Å². The second-order valence-electron chi connectivity index (χ2n) is 6.46. The van der Waals surface area contributed by atoms with E-state index in [9.17, 15) is 14.4 Å². The Labute approximate surface area is 138 Å². The Morgan fingerprint density at radius 1 is 1.08 bits per heavy atom. The second kappa shape index (κ2) is 5.47. The Balaban J connectivity index is 1.53. The number of imide groups is 1. The first-order valence-electron chi connectivity index (χ1n) is 8.29. The fraction of sp³-hybridized carbons (Fsp3) is 0.500. The summed E-state index contributed by atoms with van der Waals surface area (Å²) < 4.78 is 2.73. The van der Waals surface area contributed by atoms with Gasteiger partial charge < -0.3 is 5.32 Å². The van der Waals surface area contributed by atoms with Gasteiger partial charge in [-0.2, -0.15) is 0 Å². The lowest BCUT2D eigenvalue weighted by molar-refractivity contribution is -0.132. The van der Waals surface area contributed by atoms with Gasteiger partial charge in [-0.3, -0.25) is 14.1 Å². The average Bonchev–Trinajstić information content (AvgIpc) is 3.02.